The summed E-state index contributed by atoms with van der Waals surface area (Å²) in [5.74, 6) is 0.633. The van der Waals surface area contributed by atoms with Gasteiger partial charge < -0.3 is 20.7 Å². The predicted octanol–water partition coefficient (Wildman–Crippen LogP) is 4.13. The largest absolute Gasteiger partial charge is 0.494 e. The molecule has 1 heterocycles. The zero-order valence-electron chi connectivity index (χ0n) is 16.6. The van der Waals surface area contributed by atoms with Crippen LogP contribution in [0.3, 0.4) is 0 Å². The van der Waals surface area contributed by atoms with Crippen LogP contribution in [0.2, 0.25) is 0 Å². The lowest BCUT2D eigenvalue weighted by molar-refractivity contribution is -0.113. The Morgan fingerprint density at radius 3 is 2.36 bits per heavy atom. The summed E-state index contributed by atoms with van der Waals surface area (Å²) in [6.07, 6.45) is 0. The van der Waals surface area contributed by atoms with Crippen molar-refractivity contribution in [1.29, 1.82) is 0 Å². The highest BCUT2D eigenvalue weighted by Gasteiger charge is 2.30. The summed E-state index contributed by atoms with van der Waals surface area (Å²) >= 11 is 5.32. The number of amides is 1. The maximum atomic E-state index is 13.1. The molecule has 6 heteroatoms. The van der Waals surface area contributed by atoms with Crippen molar-refractivity contribution in [3.05, 3.63) is 70.4 Å². The van der Waals surface area contributed by atoms with Gasteiger partial charge in [-0.15, -0.1) is 0 Å². The molecular formula is C22H25N3O2S. The quantitative estimate of drug-likeness (QED) is 0.665. The fraction of sp³-hybridized carbons (Fsp3) is 0.273. The minimum atomic E-state index is -0.338. The number of carbonyl (C=O) groups excluding carboxylic acids is 1. The molecular weight excluding hydrogens is 370 g/mol. The highest BCUT2D eigenvalue weighted by atomic mass is 32.1. The molecule has 0 bridgehead atoms. The SMILES string of the molecule is CCOc1ccc([C@H]2NC(=S)NC(C)=C2C(=O)Nc2cc(C)cc(C)c2)cc1. The van der Waals surface area contributed by atoms with E-state index in [1.165, 1.54) is 0 Å². The van der Waals surface area contributed by atoms with Crippen LogP contribution in [0, 0.1) is 13.8 Å². The fourth-order valence-corrected chi connectivity index (χ4v) is 3.68. The number of ether oxygens (including phenoxy) is 1. The van der Waals surface area contributed by atoms with E-state index in [1.807, 2.05) is 64.1 Å². The van der Waals surface area contributed by atoms with Crippen molar-refractivity contribution in [2.75, 3.05) is 11.9 Å². The summed E-state index contributed by atoms with van der Waals surface area (Å²) in [6, 6.07) is 13.4. The molecule has 3 rings (SSSR count). The Bertz CT molecular complexity index is 915. The van der Waals surface area contributed by atoms with E-state index in [1.54, 1.807) is 0 Å². The summed E-state index contributed by atoms with van der Waals surface area (Å²) in [6.45, 7) is 8.45. The van der Waals surface area contributed by atoms with Crippen molar-refractivity contribution in [2.45, 2.75) is 33.7 Å². The zero-order valence-corrected chi connectivity index (χ0v) is 17.4. The van der Waals surface area contributed by atoms with Crippen molar-refractivity contribution < 1.29 is 9.53 Å². The standard InChI is InChI=1S/C22H25N3O2S/c1-5-27-18-8-6-16(7-9-18)20-19(15(4)23-22(28)25-20)21(26)24-17-11-13(2)10-14(3)12-17/h6-12,20H,5H2,1-4H3,(H,24,26)(H2,23,25,28)/t20-/m1/s1. The van der Waals surface area contributed by atoms with Crippen LogP contribution < -0.4 is 20.7 Å². The summed E-state index contributed by atoms with van der Waals surface area (Å²) in [5, 5.41) is 9.80. The van der Waals surface area contributed by atoms with Crippen molar-refractivity contribution in [1.82, 2.24) is 10.6 Å². The molecule has 0 aromatic heterocycles. The molecule has 0 unspecified atom stereocenters. The number of thiocarbonyl (C=S) groups is 1. The first-order chi connectivity index (χ1) is 13.4. The van der Waals surface area contributed by atoms with Crippen molar-refractivity contribution in [3.8, 4) is 5.75 Å². The summed E-state index contributed by atoms with van der Waals surface area (Å²) in [7, 11) is 0. The van der Waals surface area contributed by atoms with Gasteiger partial charge in [-0.2, -0.15) is 0 Å². The molecule has 0 radical (unpaired) electrons. The molecule has 1 aliphatic rings. The molecule has 3 N–H and O–H groups in total. The number of nitrogens with one attached hydrogen (secondary N) is 3. The summed E-state index contributed by atoms with van der Waals surface area (Å²) in [5.41, 5.74) is 5.27. The molecule has 0 saturated heterocycles. The Morgan fingerprint density at radius 1 is 1.11 bits per heavy atom. The zero-order chi connectivity index (χ0) is 20.3. The van der Waals surface area contributed by atoms with Crippen molar-refractivity contribution in [3.63, 3.8) is 0 Å². The molecule has 0 fully saturated rings. The number of hydrogen-bond donors (Lipinski definition) is 3. The van der Waals surface area contributed by atoms with Crippen LogP contribution in [0.5, 0.6) is 5.75 Å². The van der Waals surface area contributed by atoms with Gasteiger partial charge in [-0.05, 0) is 80.9 Å². The summed E-state index contributed by atoms with van der Waals surface area (Å²) < 4.78 is 5.52. The Kier molecular flexibility index (Phi) is 5.99. The minimum absolute atomic E-state index is 0.163. The van der Waals surface area contributed by atoms with Gasteiger partial charge in [0, 0.05) is 11.4 Å². The molecule has 0 spiro atoms. The first-order valence-electron chi connectivity index (χ1n) is 9.28. The Morgan fingerprint density at radius 2 is 1.75 bits per heavy atom. The smallest absolute Gasteiger partial charge is 0.255 e. The maximum Gasteiger partial charge on any atom is 0.255 e. The third kappa shape index (κ3) is 4.51. The number of rotatable bonds is 5. The minimum Gasteiger partial charge on any atom is -0.494 e. The van der Waals surface area contributed by atoms with E-state index in [0.29, 0.717) is 17.3 Å². The van der Waals surface area contributed by atoms with Gasteiger partial charge in [0.05, 0.1) is 18.2 Å². The molecule has 146 valence electrons. The maximum absolute atomic E-state index is 13.1. The van der Waals surface area contributed by atoms with E-state index in [2.05, 4.69) is 22.0 Å². The molecule has 28 heavy (non-hydrogen) atoms. The first kappa shape index (κ1) is 19.9. The van der Waals surface area contributed by atoms with E-state index in [0.717, 1.165) is 33.8 Å². The molecule has 1 amide bonds. The average Bonchev–Trinajstić information content (AvgIpc) is 2.61. The van der Waals surface area contributed by atoms with Gasteiger partial charge in [-0.1, -0.05) is 18.2 Å². The lowest BCUT2D eigenvalue weighted by atomic mass is 9.94. The second-order valence-corrected chi connectivity index (χ2v) is 7.31. The Labute approximate surface area is 171 Å². The third-order valence-corrected chi connectivity index (χ3v) is 4.74. The number of carbonyl (C=O) groups is 1. The lowest BCUT2D eigenvalue weighted by Gasteiger charge is -2.30. The molecule has 2 aromatic carbocycles. The lowest BCUT2D eigenvalue weighted by Crippen LogP contribution is -2.45. The normalized spacial score (nSPS) is 16.3. The van der Waals surface area contributed by atoms with Crippen LogP contribution >= 0.6 is 12.2 Å². The van der Waals surface area contributed by atoms with Crippen LogP contribution in [0.25, 0.3) is 0 Å². The number of benzene rings is 2. The Balaban J connectivity index is 1.91. The number of allylic oxidation sites excluding steroid dienone is 1. The topological polar surface area (TPSA) is 62.4 Å². The van der Waals surface area contributed by atoms with E-state index in [-0.39, 0.29) is 11.9 Å². The average molecular weight is 396 g/mol. The molecule has 1 aliphatic heterocycles. The van der Waals surface area contributed by atoms with E-state index >= 15 is 0 Å². The van der Waals surface area contributed by atoms with E-state index in [4.69, 9.17) is 17.0 Å². The number of hydrogen-bond acceptors (Lipinski definition) is 3. The van der Waals surface area contributed by atoms with Crippen LogP contribution in [-0.4, -0.2) is 17.6 Å². The molecule has 0 aliphatic carbocycles. The molecule has 0 saturated carbocycles. The Hall–Kier alpha value is -2.86. The monoisotopic (exact) mass is 395 g/mol. The van der Waals surface area contributed by atoms with Gasteiger partial charge in [0.15, 0.2) is 5.11 Å². The molecule has 1 atom stereocenters. The van der Waals surface area contributed by atoms with Gasteiger partial charge in [0.2, 0.25) is 0 Å². The second-order valence-electron chi connectivity index (χ2n) is 6.90. The first-order valence-corrected chi connectivity index (χ1v) is 9.69. The van der Waals surface area contributed by atoms with Gasteiger partial charge in [-0.3, -0.25) is 4.79 Å². The van der Waals surface area contributed by atoms with Crippen LogP contribution in [-0.2, 0) is 4.79 Å². The summed E-state index contributed by atoms with van der Waals surface area (Å²) in [4.78, 5) is 13.1. The van der Waals surface area contributed by atoms with Crippen LogP contribution in [0.1, 0.15) is 36.6 Å². The molecule has 2 aromatic rings. The van der Waals surface area contributed by atoms with Gasteiger partial charge in [0.25, 0.3) is 5.91 Å². The predicted molar refractivity (Wildman–Crippen MR) is 116 cm³/mol. The highest BCUT2D eigenvalue weighted by molar-refractivity contribution is 7.80. The van der Waals surface area contributed by atoms with Gasteiger partial charge in [-0.25, -0.2) is 0 Å². The van der Waals surface area contributed by atoms with Crippen molar-refractivity contribution >= 4 is 28.9 Å². The van der Waals surface area contributed by atoms with Gasteiger partial charge >= 0.3 is 0 Å². The van der Waals surface area contributed by atoms with Crippen LogP contribution in [0.4, 0.5) is 5.69 Å². The van der Waals surface area contributed by atoms with Crippen molar-refractivity contribution in [2.24, 2.45) is 0 Å². The van der Waals surface area contributed by atoms with Gasteiger partial charge in [0.1, 0.15) is 5.75 Å². The van der Waals surface area contributed by atoms with E-state index in [9.17, 15) is 4.79 Å². The van der Waals surface area contributed by atoms with E-state index < -0.39 is 0 Å². The second kappa shape index (κ2) is 8.44. The highest BCUT2D eigenvalue weighted by Crippen LogP contribution is 2.29. The third-order valence-electron chi connectivity index (χ3n) is 4.52. The molecule has 5 nitrogen and oxygen atoms in total. The van der Waals surface area contributed by atoms with Crippen LogP contribution in [0.15, 0.2) is 53.7 Å². The number of anilines is 1. The number of aryl methyl sites for hydroxylation is 2. The fourth-order valence-electron chi connectivity index (χ4n) is 3.41.